The smallest absolute Gasteiger partial charge is 0.267 e. The summed E-state index contributed by atoms with van der Waals surface area (Å²) in [6.07, 6.45) is 1.50. The van der Waals surface area contributed by atoms with Crippen LogP contribution in [0, 0.1) is 0 Å². The molecule has 0 saturated carbocycles. The maximum atomic E-state index is 12.1. The third-order valence-corrected chi connectivity index (χ3v) is 4.18. The highest BCUT2D eigenvalue weighted by atomic mass is 79.9. The maximum Gasteiger partial charge on any atom is 0.289 e. The number of rotatable bonds is 4. The Balaban J connectivity index is 2.03. The number of nitrogens with zero attached hydrogens (tertiary/aromatic N) is 2. The number of hydrogen-bond donors (Lipinski definition) is 2. The SMILES string of the molecule is CCSc1ncc(Br)c(C(=O)NNC(=O)c2ccc(Cl)cc2)n1. The predicted octanol–water partition coefficient (Wildman–Crippen LogP) is 3.08. The number of carbonyl (C=O) groups excluding carboxylic acids is 2. The van der Waals surface area contributed by atoms with Gasteiger partial charge in [0.05, 0.1) is 4.47 Å². The number of hydrogen-bond acceptors (Lipinski definition) is 5. The fourth-order valence-corrected chi connectivity index (χ4v) is 2.59. The molecule has 0 atom stereocenters. The fraction of sp³-hybridized carbons (Fsp3) is 0.143. The number of carbonyl (C=O) groups is 2. The number of nitrogens with one attached hydrogen (secondary N) is 2. The van der Waals surface area contributed by atoms with E-state index in [1.165, 1.54) is 18.0 Å². The van der Waals surface area contributed by atoms with Crippen LogP contribution in [0.2, 0.25) is 5.02 Å². The monoisotopic (exact) mass is 414 g/mol. The third kappa shape index (κ3) is 4.92. The lowest BCUT2D eigenvalue weighted by Gasteiger charge is -2.08. The van der Waals surface area contributed by atoms with Crippen molar-refractivity contribution in [2.24, 2.45) is 0 Å². The molecule has 120 valence electrons. The highest BCUT2D eigenvalue weighted by Crippen LogP contribution is 2.18. The number of thioether (sulfide) groups is 1. The van der Waals surface area contributed by atoms with Gasteiger partial charge in [0.25, 0.3) is 11.8 Å². The maximum absolute atomic E-state index is 12.1. The van der Waals surface area contributed by atoms with E-state index in [2.05, 4.69) is 36.7 Å². The van der Waals surface area contributed by atoms with E-state index in [0.717, 1.165) is 5.75 Å². The first kappa shape index (κ1) is 17.7. The highest BCUT2D eigenvalue weighted by Gasteiger charge is 2.15. The van der Waals surface area contributed by atoms with Crippen molar-refractivity contribution in [3.63, 3.8) is 0 Å². The molecule has 0 radical (unpaired) electrons. The summed E-state index contributed by atoms with van der Waals surface area (Å²) in [4.78, 5) is 32.3. The minimum absolute atomic E-state index is 0.146. The van der Waals surface area contributed by atoms with Gasteiger partial charge in [-0.1, -0.05) is 30.3 Å². The number of amides is 2. The second-order valence-electron chi connectivity index (χ2n) is 4.20. The lowest BCUT2D eigenvalue weighted by atomic mass is 10.2. The van der Waals surface area contributed by atoms with Crippen LogP contribution < -0.4 is 10.9 Å². The zero-order valence-electron chi connectivity index (χ0n) is 12.0. The van der Waals surface area contributed by atoms with Gasteiger partial charge in [0, 0.05) is 16.8 Å². The van der Waals surface area contributed by atoms with Gasteiger partial charge in [-0.05, 0) is 45.9 Å². The van der Waals surface area contributed by atoms with Crippen LogP contribution in [0.1, 0.15) is 27.8 Å². The van der Waals surface area contributed by atoms with Crippen LogP contribution in [0.5, 0.6) is 0 Å². The molecular formula is C14H12BrClN4O2S. The third-order valence-electron chi connectivity index (χ3n) is 2.61. The van der Waals surface area contributed by atoms with Crippen LogP contribution in [-0.4, -0.2) is 27.5 Å². The first-order valence-electron chi connectivity index (χ1n) is 6.53. The van der Waals surface area contributed by atoms with Gasteiger partial charge >= 0.3 is 0 Å². The van der Waals surface area contributed by atoms with Gasteiger partial charge in [0.2, 0.25) is 0 Å². The Hall–Kier alpha value is -1.64. The van der Waals surface area contributed by atoms with Gasteiger partial charge in [0.15, 0.2) is 5.16 Å². The zero-order valence-corrected chi connectivity index (χ0v) is 15.1. The lowest BCUT2D eigenvalue weighted by molar-refractivity contribution is 0.0843. The molecule has 0 aliphatic carbocycles. The van der Waals surface area contributed by atoms with Gasteiger partial charge in [-0.15, -0.1) is 0 Å². The first-order valence-corrected chi connectivity index (χ1v) is 8.68. The predicted molar refractivity (Wildman–Crippen MR) is 92.5 cm³/mol. The minimum Gasteiger partial charge on any atom is -0.267 e. The molecular weight excluding hydrogens is 404 g/mol. The summed E-state index contributed by atoms with van der Waals surface area (Å²) in [5, 5.41) is 1.02. The standard InChI is InChI=1S/C14H12BrClN4O2S/c1-2-23-14-17-7-10(15)11(18-14)13(22)20-19-12(21)8-3-5-9(16)6-4-8/h3-7H,2H2,1H3,(H,19,21)(H,20,22). The van der Waals surface area contributed by atoms with E-state index in [9.17, 15) is 9.59 Å². The normalized spacial score (nSPS) is 10.2. The van der Waals surface area contributed by atoms with E-state index in [0.29, 0.717) is 20.2 Å². The molecule has 2 rings (SSSR count). The topological polar surface area (TPSA) is 84.0 Å². The minimum atomic E-state index is -0.542. The summed E-state index contributed by atoms with van der Waals surface area (Å²) in [6, 6.07) is 6.29. The van der Waals surface area contributed by atoms with Gasteiger partial charge in [0.1, 0.15) is 5.69 Å². The molecule has 1 aromatic carbocycles. The van der Waals surface area contributed by atoms with Gasteiger partial charge in [-0.2, -0.15) is 0 Å². The van der Waals surface area contributed by atoms with Crippen molar-refractivity contribution in [2.75, 3.05) is 5.75 Å². The van der Waals surface area contributed by atoms with Crippen molar-refractivity contribution < 1.29 is 9.59 Å². The Morgan fingerprint density at radius 2 is 1.87 bits per heavy atom. The molecule has 0 aliphatic heterocycles. The molecule has 1 heterocycles. The van der Waals surface area contributed by atoms with Crippen LogP contribution in [0.15, 0.2) is 40.1 Å². The summed E-state index contributed by atoms with van der Waals surface area (Å²) in [5.74, 6) is -0.210. The Morgan fingerprint density at radius 1 is 1.22 bits per heavy atom. The van der Waals surface area contributed by atoms with E-state index in [-0.39, 0.29) is 5.69 Å². The zero-order chi connectivity index (χ0) is 16.8. The summed E-state index contributed by atoms with van der Waals surface area (Å²) in [6.45, 7) is 1.96. The Labute approximate surface area is 150 Å². The number of hydrazine groups is 1. The molecule has 1 aromatic heterocycles. The van der Waals surface area contributed by atoms with Gasteiger partial charge in [-0.3, -0.25) is 20.4 Å². The van der Waals surface area contributed by atoms with Gasteiger partial charge < -0.3 is 0 Å². The van der Waals surface area contributed by atoms with Crippen molar-refractivity contribution in [1.29, 1.82) is 0 Å². The molecule has 9 heteroatoms. The molecule has 23 heavy (non-hydrogen) atoms. The summed E-state index contributed by atoms with van der Waals surface area (Å²) in [7, 11) is 0. The second-order valence-corrected chi connectivity index (χ2v) is 6.72. The molecule has 2 aromatic rings. The average Bonchev–Trinajstić information content (AvgIpc) is 2.55. The molecule has 0 bridgehead atoms. The first-order chi connectivity index (χ1) is 11.0. The quantitative estimate of drug-likeness (QED) is 0.455. The van der Waals surface area contributed by atoms with Crippen molar-refractivity contribution in [1.82, 2.24) is 20.8 Å². The van der Waals surface area contributed by atoms with Crippen LogP contribution in [0.3, 0.4) is 0 Å². The molecule has 0 unspecified atom stereocenters. The summed E-state index contributed by atoms with van der Waals surface area (Å²) >= 11 is 10.4. The fourth-order valence-electron chi connectivity index (χ4n) is 1.55. The summed E-state index contributed by atoms with van der Waals surface area (Å²) in [5.41, 5.74) is 5.17. The number of benzene rings is 1. The van der Waals surface area contributed by atoms with Crippen LogP contribution >= 0.6 is 39.3 Å². The molecule has 0 aliphatic rings. The number of aromatic nitrogens is 2. The second kappa shape index (κ2) is 8.28. The lowest BCUT2D eigenvalue weighted by Crippen LogP contribution is -2.42. The van der Waals surface area contributed by atoms with Crippen LogP contribution in [0.25, 0.3) is 0 Å². The molecule has 2 N–H and O–H groups in total. The van der Waals surface area contributed by atoms with E-state index >= 15 is 0 Å². The average molecular weight is 416 g/mol. The molecule has 2 amide bonds. The van der Waals surface area contributed by atoms with E-state index < -0.39 is 11.8 Å². The van der Waals surface area contributed by atoms with Crippen molar-refractivity contribution >= 4 is 51.1 Å². The Morgan fingerprint density at radius 3 is 2.52 bits per heavy atom. The summed E-state index contributed by atoms with van der Waals surface area (Å²) < 4.78 is 0.441. The van der Waals surface area contributed by atoms with Crippen LogP contribution in [-0.2, 0) is 0 Å². The molecule has 6 nitrogen and oxygen atoms in total. The molecule has 0 fully saturated rings. The largest absolute Gasteiger partial charge is 0.289 e. The Kier molecular flexibility index (Phi) is 6.37. The number of halogens is 2. The van der Waals surface area contributed by atoms with E-state index in [1.54, 1.807) is 24.3 Å². The highest BCUT2D eigenvalue weighted by molar-refractivity contribution is 9.10. The Bertz CT molecular complexity index is 727. The molecule has 0 spiro atoms. The van der Waals surface area contributed by atoms with Crippen molar-refractivity contribution in [3.05, 3.63) is 51.2 Å². The van der Waals surface area contributed by atoms with E-state index in [1.807, 2.05) is 6.92 Å². The molecule has 0 saturated heterocycles. The van der Waals surface area contributed by atoms with E-state index in [4.69, 9.17) is 11.6 Å². The van der Waals surface area contributed by atoms with Crippen molar-refractivity contribution in [2.45, 2.75) is 12.1 Å². The van der Waals surface area contributed by atoms with Crippen molar-refractivity contribution in [3.8, 4) is 0 Å². The van der Waals surface area contributed by atoms with Gasteiger partial charge in [-0.25, -0.2) is 9.97 Å². The van der Waals surface area contributed by atoms with Crippen LogP contribution in [0.4, 0.5) is 0 Å².